The van der Waals surface area contributed by atoms with Crippen LogP contribution in [0.4, 0.5) is 0 Å². The minimum atomic E-state index is 0. The smallest absolute Gasteiger partial charge is 0.207 e. The summed E-state index contributed by atoms with van der Waals surface area (Å²) in [6.07, 6.45) is 0.699. The Labute approximate surface area is 60.7 Å². The highest BCUT2D eigenvalue weighted by Gasteiger charge is 1.81. The first-order chi connectivity index (χ1) is 2.77. The molecule has 0 saturated heterocycles. The molecule has 0 atom stereocenters. The van der Waals surface area contributed by atoms with Crippen LogP contribution in [0.15, 0.2) is 0 Å². The molecular weight excluding hydrogens is 205 g/mol. The molecule has 0 fully saturated rings. The number of rotatable bonds is 2. The molecule has 0 aliphatic rings. The van der Waals surface area contributed by atoms with E-state index in [0.29, 0.717) is 6.41 Å². The van der Waals surface area contributed by atoms with Gasteiger partial charge in [0.05, 0.1) is 0 Å². The Morgan fingerprint density at radius 2 is 2.00 bits per heavy atom. The van der Waals surface area contributed by atoms with Gasteiger partial charge in [0.15, 0.2) is 0 Å². The minimum absolute atomic E-state index is 0. The fourth-order valence-corrected chi connectivity index (χ4v) is 0.136. The Morgan fingerprint density at radius 3 is 2.00 bits per heavy atom. The minimum Gasteiger partial charge on any atom is -0.357 e. The van der Waals surface area contributed by atoms with Gasteiger partial charge in [-0.3, -0.25) is 4.79 Å². The van der Waals surface area contributed by atoms with E-state index >= 15 is 0 Å². The van der Waals surface area contributed by atoms with Gasteiger partial charge in [0.25, 0.3) is 0 Å². The maximum atomic E-state index is 9.50. The molecule has 0 rings (SSSR count). The molecular formula is C4H10INO. The first-order valence-electron chi connectivity index (χ1n) is 1.97. The van der Waals surface area contributed by atoms with Crippen molar-refractivity contribution in [1.29, 1.82) is 0 Å². The zero-order valence-corrected chi connectivity index (χ0v) is 6.80. The van der Waals surface area contributed by atoms with Crippen molar-refractivity contribution in [3.63, 3.8) is 0 Å². The summed E-state index contributed by atoms with van der Waals surface area (Å²) in [5, 5.41) is 2.53. The molecule has 0 aromatic heterocycles. The highest BCUT2D eigenvalue weighted by Crippen LogP contribution is 1.67. The highest BCUT2D eigenvalue weighted by atomic mass is 127. The van der Waals surface area contributed by atoms with Crippen molar-refractivity contribution in [2.75, 3.05) is 0 Å². The number of carbonyl (C=O) groups is 1. The Morgan fingerprint density at radius 1 is 1.57 bits per heavy atom. The van der Waals surface area contributed by atoms with Crippen LogP contribution in [0.5, 0.6) is 0 Å². The van der Waals surface area contributed by atoms with E-state index in [2.05, 4.69) is 5.32 Å². The van der Waals surface area contributed by atoms with Crippen LogP contribution < -0.4 is 5.32 Å². The lowest BCUT2D eigenvalue weighted by Gasteiger charge is -1.96. The van der Waals surface area contributed by atoms with Crippen LogP contribution >= 0.6 is 24.0 Å². The molecule has 0 heterocycles. The van der Waals surface area contributed by atoms with Crippen molar-refractivity contribution in [1.82, 2.24) is 5.32 Å². The summed E-state index contributed by atoms with van der Waals surface area (Å²) in [6, 6.07) is 0.280. The topological polar surface area (TPSA) is 29.1 Å². The second-order valence-corrected chi connectivity index (χ2v) is 1.44. The Kier molecular flexibility index (Phi) is 9.07. The van der Waals surface area contributed by atoms with Gasteiger partial charge in [0, 0.05) is 6.04 Å². The van der Waals surface area contributed by atoms with Crippen LogP contribution in [0.1, 0.15) is 13.8 Å². The summed E-state index contributed by atoms with van der Waals surface area (Å²) in [5.41, 5.74) is 0. The van der Waals surface area contributed by atoms with Gasteiger partial charge in [-0.1, -0.05) is 0 Å². The van der Waals surface area contributed by atoms with E-state index in [1.807, 2.05) is 13.8 Å². The van der Waals surface area contributed by atoms with Crippen LogP contribution in [0.25, 0.3) is 0 Å². The van der Waals surface area contributed by atoms with Gasteiger partial charge in [-0.15, -0.1) is 24.0 Å². The number of hydrogen-bond acceptors (Lipinski definition) is 1. The standard InChI is InChI=1S/C4H9NO.HI/c1-4(2)5-3-6;/h3-4H,1-2H3,(H,5,6);1H. The van der Waals surface area contributed by atoms with Gasteiger partial charge < -0.3 is 5.32 Å². The molecule has 0 saturated carbocycles. The second kappa shape index (κ2) is 6.20. The molecule has 0 aromatic carbocycles. The van der Waals surface area contributed by atoms with Crippen LogP contribution in [0, 0.1) is 0 Å². The average Bonchev–Trinajstić information content (AvgIpc) is 1.35. The van der Waals surface area contributed by atoms with Crippen molar-refractivity contribution in [3.8, 4) is 0 Å². The number of hydrogen-bond donors (Lipinski definition) is 1. The normalized spacial score (nSPS) is 7.29. The van der Waals surface area contributed by atoms with E-state index in [1.54, 1.807) is 0 Å². The first-order valence-corrected chi connectivity index (χ1v) is 1.97. The van der Waals surface area contributed by atoms with E-state index in [4.69, 9.17) is 0 Å². The summed E-state index contributed by atoms with van der Waals surface area (Å²) < 4.78 is 0. The van der Waals surface area contributed by atoms with E-state index in [9.17, 15) is 4.79 Å². The maximum absolute atomic E-state index is 9.50. The quantitative estimate of drug-likeness (QED) is 0.534. The summed E-state index contributed by atoms with van der Waals surface area (Å²) in [7, 11) is 0. The lowest BCUT2D eigenvalue weighted by atomic mass is 10.4. The van der Waals surface area contributed by atoms with Crippen molar-refractivity contribution in [2.45, 2.75) is 19.9 Å². The zero-order chi connectivity index (χ0) is 4.99. The Hall–Kier alpha value is 0.200. The number of amides is 1. The van der Waals surface area contributed by atoms with E-state index in [1.165, 1.54) is 0 Å². The van der Waals surface area contributed by atoms with Gasteiger partial charge in [0.1, 0.15) is 0 Å². The molecule has 0 unspecified atom stereocenters. The van der Waals surface area contributed by atoms with Gasteiger partial charge in [-0.25, -0.2) is 0 Å². The summed E-state index contributed by atoms with van der Waals surface area (Å²) in [6.45, 7) is 3.82. The zero-order valence-electron chi connectivity index (χ0n) is 4.47. The Balaban J connectivity index is 0. The summed E-state index contributed by atoms with van der Waals surface area (Å²) in [4.78, 5) is 9.50. The molecule has 0 aliphatic heterocycles. The molecule has 1 amide bonds. The molecule has 3 heteroatoms. The van der Waals surface area contributed by atoms with Crippen molar-refractivity contribution < 1.29 is 4.79 Å². The molecule has 0 aromatic rings. The lowest BCUT2D eigenvalue weighted by Crippen LogP contribution is -2.19. The monoisotopic (exact) mass is 215 g/mol. The molecule has 0 aliphatic carbocycles. The third kappa shape index (κ3) is 10.7. The van der Waals surface area contributed by atoms with Crippen LogP contribution in [-0.4, -0.2) is 12.5 Å². The van der Waals surface area contributed by atoms with Crippen molar-refractivity contribution in [2.24, 2.45) is 0 Å². The largest absolute Gasteiger partial charge is 0.357 e. The predicted octanol–water partition coefficient (Wildman–Crippen LogP) is 0.759. The third-order valence-electron chi connectivity index (χ3n) is 0.401. The lowest BCUT2D eigenvalue weighted by molar-refractivity contribution is -0.109. The fraction of sp³-hybridized carbons (Fsp3) is 0.750. The van der Waals surface area contributed by atoms with Crippen molar-refractivity contribution in [3.05, 3.63) is 0 Å². The molecule has 0 bridgehead atoms. The molecule has 44 valence electrons. The van der Waals surface area contributed by atoms with Gasteiger partial charge in [-0.2, -0.15) is 0 Å². The maximum Gasteiger partial charge on any atom is 0.207 e. The second-order valence-electron chi connectivity index (χ2n) is 1.44. The fourth-order valence-electron chi connectivity index (χ4n) is 0.136. The number of carbonyl (C=O) groups excluding carboxylic acids is 1. The van der Waals surface area contributed by atoms with E-state index in [0.717, 1.165) is 0 Å². The molecule has 0 spiro atoms. The molecule has 0 radical (unpaired) electrons. The first kappa shape index (κ1) is 10.2. The highest BCUT2D eigenvalue weighted by molar-refractivity contribution is 14.0. The number of nitrogens with one attached hydrogen (secondary N) is 1. The van der Waals surface area contributed by atoms with Gasteiger partial charge in [0.2, 0.25) is 6.41 Å². The predicted molar refractivity (Wildman–Crippen MR) is 39.8 cm³/mol. The molecule has 1 N–H and O–H groups in total. The summed E-state index contributed by atoms with van der Waals surface area (Å²) >= 11 is 0. The third-order valence-corrected chi connectivity index (χ3v) is 0.401. The van der Waals surface area contributed by atoms with Crippen LogP contribution in [0.3, 0.4) is 0 Å². The van der Waals surface area contributed by atoms with E-state index in [-0.39, 0.29) is 30.0 Å². The van der Waals surface area contributed by atoms with Gasteiger partial charge >= 0.3 is 0 Å². The van der Waals surface area contributed by atoms with Crippen LogP contribution in [-0.2, 0) is 4.79 Å². The van der Waals surface area contributed by atoms with E-state index < -0.39 is 0 Å². The average molecular weight is 215 g/mol. The summed E-state index contributed by atoms with van der Waals surface area (Å²) in [5.74, 6) is 0. The van der Waals surface area contributed by atoms with Crippen LogP contribution in [0.2, 0.25) is 0 Å². The Bertz CT molecular complexity index is 47.0. The molecule has 2 nitrogen and oxygen atoms in total. The molecule has 7 heavy (non-hydrogen) atoms. The van der Waals surface area contributed by atoms with Gasteiger partial charge in [-0.05, 0) is 13.8 Å². The van der Waals surface area contributed by atoms with Crippen molar-refractivity contribution >= 4 is 30.4 Å². The SMILES string of the molecule is CC(C)NC=O.I. The number of halogens is 1.